The number of sulfonamides is 1. The van der Waals surface area contributed by atoms with Crippen LogP contribution >= 0.6 is 12.4 Å². The van der Waals surface area contributed by atoms with Crippen LogP contribution in [0.15, 0.2) is 53.4 Å². The van der Waals surface area contributed by atoms with Crippen LogP contribution in [-0.2, 0) is 10.0 Å². The molecular weight excluding hydrogens is 393 g/mol. The highest BCUT2D eigenvalue weighted by Gasteiger charge is 2.29. The van der Waals surface area contributed by atoms with Crippen LogP contribution in [0.4, 0.5) is 10.1 Å². The van der Waals surface area contributed by atoms with E-state index in [9.17, 15) is 17.6 Å². The molecule has 3 rings (SSSR count). The highest BCUT2D eigenvalue weighted by atomic mass is 35.5. The standard InChI is InChI=1S/C18H20FN3O3S.ClH/c19-14-5-3-13(4-6-14)18(23)22-15-7-9-16(10-8-15)26(24,25)21-11-17(20)12-1-2-12;/h3-10,12,17,21H,1-2,11,20H2,(H,22,23);1H. The third-order valence-electron chi connectivity index (χ3n) is 4.27. The predicted octanol–water partition coefficient (Wildman–Crippen LogP) is 2.52. The number of carbonyl (C=O) groups is 1. The van der Waals surface area contributed by atoms with Gasteiger partial charge in [0.1, 0.15) is 5.82 Å². The number of hydrogen-bond donors (Lipinski definition) is 3. The Kier molecular flexibility index (Phi) is 6.94. The number of halogens is 2. The topological polar surface area (TPSA) is 101 Å². The molecule has 0 aliphatic heterocycles. The molecule has 0 saturated heterocycles. The first kappa shape index (κ1) is 21.3. The Morgan fingerprint density at radius 3 is 2.26 bits per heavy atom. The van der Waals surface area contributed by atoms with Gasteiger partial charge < -0.3 is 11.1 Å². The van der Waals surface area contributed by atoms with Crippen molar-refractivity contribution in [1.82, 2.24) is 4.72 Å². The molecule has 1 aliphatic rings. The highest BCUT2D eigenvalue weighted by Crippen LogP contribution is 2.31. The van der Waals surface area contributed by atoms with Crippen LogP contribution in [0, 0.1) is 11.7 Å². The lowest BCUT2D eigenvalue weighted by Crippen LogP contribution is -2.38. The van der Waals surface area contributed by atoms with Gasteiger partial charge in [0.15, 0.2) is 0 Å². The van der Waals surface area contributed by atoms with Crippen molar-refractivity contribution in [2.24, 2.45) is 11.7 Å². The van der Waals surface area contributed by atoms with Crippen molar-refractivity contribution < 1.29 is 17.6 Å². The van der Waals surface area contributed by atoms with E-state index in [-0.39, 0.29) is 29.9 Å². The van der Waals surface area contributed by atoms with E-state index in [1.54, 1.807) is 0 Å². The van der Waals surface area contributed by atoms with Gasteiger partial charge in [-0.3, -0.25) is 4.79 Å². The Morgan fingerprint density at radius 1 is 1.11 bits per heavy atom. The summed E-state index contributed by atoms with van der Waals surface area (Å²) in [6, 6.07) is 10.8. The van der Waals surface area contributed by atoms with E-state index < -0.39 is 21.7 Å². The minimum atomic E-state index is -3.65. The van der Waals surface area contributed by atoms with Gasteiger partial charge in [0.05, 0.1) is 4.90 Å². The number of nitrogens with two attached hydrogens (primary N) is 1. The zero-order chi connectivity index (χ0) is 18.7. The summed E-state index contributed by atoms with van der Waals surface area (Å²) < 4.78 is 40.0. The van der Waals surface area contributed by atoms with Crippen molar-refractivity contribution in [2.75, 3.05) is 11.9 Å². The van der Waals surface area contributed by atoms with E-state index in [0.29, 0.717) is 17.2 Å². The molecule has 9 heteroatoms. The van der Waals surface area contributed by atoms with E-state index in [2.05, 4.69) is 10.0 Å². The molecule has 1 unspecified atom stereocenters. The lowest BCUT2D eigenvalue weighted by atomic mass is 10.2. The van der Waals surface area contributed by atoms with Crippen LogP contribution in [0.1, 0.15) is 23.2 Å². The molecular formula is C18H21ClFN3O3S. The smallest absolute Gasteiger partial charge is 0.255 e. The Bertz CT molecular complexity index is 885. The number of carbonyl (C=O) groups excluding carboxylic acids is 1. The maximum absolute atomic E-state index is 12.9. The predicted molar refractivity (Wildman–Crippen MR) is 104 cm³/mol. The average molecular weight is 414 g/mol. The molecule has 0 radical (unpaired) electrons. The van der Waals surface area contributed by atoms with Crippen LogP contribution in [0.25, 0.3) is 0 Å². The second-order valence-electron chi connectivity index (χ2n) is 6.34. The van der Waals surface area contributed by atoms with Gasteiger partial charge in [-0.15, -0.1) is 12.4 Å². The SMILES string of the molecule is Cl.NC(CNS(=O)(=O)c1ccc(NC(=O)c2ccc(F)cc2)cc1)C1CC1. The second kappa shape index (κ2) is 8.79. The fourth-order valence-electron chi connectivity index (χ4n) is 2.50. The fraction of sp³-hybridized carbons (Fsp3) is 0.278. The highest BCUT2D eigenvalue weighted by molar-refractivity contribution is 7.89. The van der Waals surface area contributed by atoms with Crippen LogP contribution in [0.3, 0.4) is 0 Å². The molecule has 1 amide bonds. The third kappa shape index (κ3) is 5.74. The molecule has 6 nitrogen and oxygen atoms in total. The van der Waals surface area contributed by atoms with E-state index in [4.69, 9.17) is 5.73 Å². The first-order chi connectivity index (χ1) is 12.3. The van der Waals surface area contributed by atoms with E-state index in [1.807, 2.05) is 0 Å². The summed E-state index contributed by atoms with van der Waals surface area (Å²) >= 11 is 0. The summed E-state index contributed by atoms with van der Waals surface area (Å²) in [7, 11) is -3.65. The van der Waals surface area contributed by atoms with Gasteiger partial charge in [0.25, 0.3) is 5.91 Å². The number of rotatable bonds is 7. The number of nitrogens with one attached hydrogen (secondary N) is 2. The first-order valence-electron chi connectivity index (χ1n) is 8.27. The molecule has 0 bridgehead atoms. The molecule has 27 heavy (non-hydrogen) atoms. The molecule has 0 spiro atoms. The van der Waals surface area contributed by atoms with Crippen molar-refractivity contribution in [3.63, 3.8) is 0 Å². The lowest BCUT2D eigenvalue weighted by molar-refractivity contribution is 0.102. The first-order valence-corrected chi connectivity index (χ1v) is 9.76. The average Bonchev–Trinajstić information content (AvgIpc) is 3.46. The summed E-state index contributed by atoms with van der Waals surface area (Å²) in [6.07, 6.45) is 2.09. The molecule has 1 aliphatic carbocycles. The van der Waals surface area contributed by atoms with Crippen molar-refractivity contribution in [3.8, 4) is 0 Å². The molecule has 1 saturated carbocycles. The van der Waals surface area contributed by atoms with Crippen LogP contribution in [0.2, 0.25) is 0 Å². The number of anilines is 1. The van der Waals surface area contributed by atoms with E-state index in [0.717, 1.165) is 12.8 Å². The summed E-state index contributed by atoms with van der Waals surface area (Å²) in [5, 5.41) is 2.63. The van der Waals surface area contributed by atoms with Crippen LogP contribution < -0.4 is 15.8 Å². The van der Waals surface area contributed by atoms with Gasteiger partial charge in [0.2, 0.25) is 10.0 Å². The maximum atomic E-state index is 12.9. The lowest BCUT2D eigenvalue weighted by Gasteiger charge is -2.12. The van der Waals surface area contributed by atoms with E-state index >= 15 is 0 Å². The molecule has 0 heterocycles. The molecule has 2 aromatic carbocycles. The van der Waals surface area contributed by atoms with Gasteiger partial charge in [0, 0.05) is 23.8 Å². The number of amides is 1. The molecule has 1 fully saturated rings. The largest absolute Gasteiger partial charge is 0.326 e. The van der Waals surface area contributed by atoms with Gasteiger partial charge in [-0.1, -0.05) is 0 Å². The van der Waals surface area contributed by atoms with Gasteiger partial charge in [-0.2, -0.15) is 0 Å². The normalized spacial score (nSPS) is 14.9. The number of hydrogen-bond acceptors (Lipinski definition) is 4. The second-order valence-corrected chi connectivity index (χ2v) is 8.11. The Morgan fingerprint density at radius 2 is 1.70 bits per heavy atom. The minimum Gasteiger partial charge on any atom is -0.326 e. The third-order valence-corrected chi connectivity index (χ3v) is 5.70. The molecule has 0 aromatic heterocycles. The van der Waals surface area contributed by atoms with Crippen molar-refractivity contribution >= 4 is 34.0 Å². The fourth-order valence-corrected chi connectivity index (χ4v) is 3.58. The molecule has 146 valence electrons. The van der Waals surface area contributed by atoms with Gasteiger partial charge in [-0.25, -0.2) is 17.5 Å². The summed E-state index contributed by atoms with van der Waals surface area (Å²) in [5.74, 6) is -0.430. The van der Waals surface area contributed by atoms with Gasteiger partial charge in [-0.05, 0) is 67.3 Å². The molecule has 1 atom stereocenters. The maximum Gasteiger partial charge on any atom is 0.255 e. The van der Waals surface area contributed by atoms with Crippen molar-refractivity contribution in [2.45, 2.75) is 23.8 Å². The summed E-state index contributed by atoms with van der Waals surface area (Å²) in [5.41, 5.74) is 6.65. The molecule has 4 N–H and O–H groups in total. The zero-order valence-electron chi connectivity index (χ0n) is 14.4. The minimum absolute atomic E-state index is 0. The summed E-state index contributed by atoms with van der Waals surface area (Å²) in [4.78, 5) is 12.2. The van der Waals surface area contributed by atoms with Crippen LogP contribution in [-0.4, -0.2) is 26.9 Å². The Hall–Kier alpha value is -2.00. The monoisotopic (exact) mass is 413 g/mol. The molecule has 2 aromatic rings. The van der Waals surface area contributed by atoms with Crippen molar-refractivity contribution in [3.05, 3.63) is 59.9 Å². The van der Waals surface area contributed by atoms with E-state index in [1.165, 1.54) is 48.5 Å². The zero-order valence-corrected chi connectivity index (χ0v) is 16.0. The van der Waals surface area contributed by atoms with Crippen molar-refractivity contribution in [1.29, 1.82) is 0 Å². The van der Waals surface area contributed by atoms with Gasteiger partial charge >= 0.3 is 0 Å². The quantitative estimate of drug-likeness (QED) is 0.649. The Balaban J connectivity index is 0.00000261. The Labute approximate surface area is 163 Å². The number of benzene rings is 2. The van der Waals surface area contributed by atoms with Crippen LogP contribution in [0.5, 0.6) is 0 Å². The summed E-state index contributed by atoms with van der Waals surface area (Å²) in [6.45, 7) is 0.204.